The van der Waals surface area contributed by atoms with E-state index in [1.54, 1.807) is 19.0 Å². The summed E-state index contributed by atoms with van der Waals surface area (Å²) in [6.07, 6.45) is 0. The SMILES string of the molecule is CCNC(=NCc1cccc(COCc2ccccc2)c1)NCC(=O)N(C)C. The Kier molecular flexibility index (Phi) is 9.01. The number of benzene rings is 2. The smallest absolute Gasteiger partial charge is 0.241 e. The van der Waals surface area contributed by atoms with Crippen LogP contribution in [0, 0.1) is 0 Å². The summed E-state index contributed by atoms with van der Waals surface area (Å²) in [5.74, 6) is 0.631. The lowest BCUT2D eigenvalue weighted by atomic mass is 10.1. The van der Waals surface area contributed by atoms with Crippen molar-refractivity contribution in [2.45, 2.75) is 26.7 Å². The lowest BCUT2D eigenvalue weighted by Gasteiger charge is -2.14. The highest BCUT2D eigenvalue weighted by atomic mass is 16.5. The van der Waals surface area contributed by atoms with Crippen molar-refractivity contribution in [2.75, 3.05) is 27.2 Å². The molecule has 28 heavy (non-hydrogen) atoms. The number of hydrogen-bond donors (Lipinski definition) is 2. The van der Waals surface area contributed by atoms with Gasteiger partial charge < -0.3 is 20.3 Å². The third-order valence-electron chi connectivity index (χ3n) is 4.04. The van der Waals surface area contributed by atoms with Crippen LogP contribution in [0.2, 0.25) is 0 Å². The molecule has 0 aliphatic carbocycles. The van der Waals surface area contributed by atoms with E-state index >= 15 is 0 Å². The van der Waals surface area contributed by atoms with Gasteiger partial charge in [-0.3, -0.25) is 4.79 Å². The van der Waals surface area contributed by atoms with E-state index in [0.717, 1.165) is 23.2 Å². The third kappa shape index (κ3) is 7.80. The van der Waals surface area contributed by atoms with Crippen LogP contribution in [0.5, 0.6) is 0 Å². The lowest BCUT2D eigenvalue weighted by Crippen LogP contribution is -2.42. The van der Waals surface area contributed by atoms with Gasteiger partial charge in [-0.25, -0.2) is 4.99 Å². The standard InChI is InChI=1S/C22H30N4O2/c1-4-23-22(25-15-21(27)26(2)3)24-14-19-11-8-12-20(13-19)17-28-16-18-9-6-5-7-10-18/h5-13H,4,14-17H2,1-3H3,(H2,23,24,25). The highest BCUT2D eigenvalue weighted by Crippen LogP contribution is 2.10. The zero-order valence-electron chi connectivity index (χ0n) is 16.9. The van der Waals surface area contributed by atoms with Gasteiger partial charge in [0.05, 0.1) is 26.3 Å². The van der Waals surface area contributed by atoms with E-state index in [9.17, 15) is 4.79 Å². The molecule has 6 nitrogen and oxygen atoms in total. The number of aliphatic imine (C=N–C) groups is 1. The first-order valence-corrected chi connectivity index (χ1v) is 9.50. The normalized spacial score (nSPS) is 11.2. The largest absolute Gasteiger partial charge is 0.372 e. The van der Waals surface area contributed by atoms with Gasteiger partial charge in [0.25, 0.3) is 0 Å². The van der Waals surface area contributed by atoms with E-state index < -0.39 is 0 Å². The number of rotatable bonds is 9. The summed E-state index contributed by atoms with van der Waals surface area (Å²) in [4.78, 5) is 17.9. The fraction of sp³-hybridized carbons (Fsp3) is 0.364. The minimum atomic E-state index is 0.00293. The number of likely N-dealkylation sites (N-methyl/N-ethyl adjacent to an activating group) is 1. The average molecular weight is 383 g/mol. The molecular formula is C22H30N4O2. The number of hydrogen-bond acceptors (Lipinski definition) is 3. The molecule has 0 atom stereocenters. The Hall–Kier alpha value is -2.86. The molecule has 0 unspecified atom stereocenters. The molecule has 2 aromatic carbocycles. The van der Waals surface area contributed by atoms with Gasteiger partial charge in [-0.15, -0.1) is 0 Å². The van der Waals surface area contributed by atoms with Crippen LogP contribution in [0.15, 0.2) is 59.6 Å². The van der Waals surface area contributed by atoms with Gasteiger partial charge in [0.15, 0.2) is 5.96 Å². The first-order chi connectivity index (χ1) is 13.6. The summed E-state index contributed by atoms with van der Waals surface area (Å²) in [7, 11) is 3.47. The van der Waals surface area contributed by atoms with Crippen LogP contribution in [0.4, 0.5) is 0 Å². The van der Waals surface area contributed by atoms with Crippen molar-refractivity contribution in [2.24, 2.45) is 4.99 Å². The zero-order valence-corrected chi connectivity index (χ0v) is 16.9. The molecule has 150 valence electrons. The predicted molar refractivity (Wildman–Crippen MR) is 113 cm³/mol. The van der Waals surface area contributed by atoms with Crippen molar-refractivity contribution in [3.8, 4) is 0 Å². The van der Waals surface area contributed by atoms with E-state index in [-0.39, 0.29) is 12.5 Å². The molecule has 0 aromatic heterocycles. The quantitative estimate of drug-likeness (QED) is 0.517. The van der Waals surface area contributed by atoms with Crippen LogP contribution in [0.3, 0.4) is 0 Å². The first kappa shape index (κ1) is 21.4. The Morgan fingerprint density at radius 3 is 2.36 bits per heavy atom. The molecule has 0 heterocycles. The Bertz CT molecular complexity index is 760. The van der Waals surface area contributed by atoms with E-state index in [2.05, 4.69) is 39.9 Å². The molecule has 0 fully saturated rings. The maximum absolute atomic E-state index is 11.7. The molecule has 1 amide bonds. The van der Waals surface area contributed by atoms with E-state index in [4.69, 9.17) is 4.74 Å². The van der Waals surface area contributed by atoms with Gasteiger partial charge in [0, 0.05) is 20.6 Å². The molecule has 0 saturated carbocycles. The number of amides is 1. The second kappa shape index (κ2) is 11.8. The number of nitrogens with zero attached hydrogens (tertiary/aromatic N) is 2. The summed E-state index contributed by atoms with van der Waals surface area (Å²) in [6.45, 7) is 4.62. The summed E-state index contributed by atoms with van der Waals surface area (Å²) in [5, 5.41) is 6.22. The molecular weight excluding hydrogens is 352 g/mol. The Morgan fingerprint density at radius 1 is 0.964 bits per heavy atom. The number of guanidine groups is 1. The van der Waals surface area contributed by atoms with Crippen LogP contribution in [-0.4, -0.2) is 44.0 Å². The first-order valence-electron chi connectivity index (χ1n) is 9.50. The van der Waals surface area contributed by atoms with E-state index in [1.807, 2.05) is 37.3 Å². The molecule has 2 N–H and O–H groups in total. The van der Waals surface area contributed by atoms with Crippen molar-refractivity contribution < 1.29 is 9.53 Å². The van der Waals surface area contributed by atoms with Gasteiger partial charge in [-0.1, -0.05) is 54.6 Å². The van der Waals surface area contributed by atoms with Crippen molar-refractivity contribution in [3.05, 3.63) is 71.3 Å². The average Bonchev–Trinajstić information content (AvgIpc) is 2.71. The van der Waals surface area contributed by atoms with Gasteiger partial charge in [-0.2, -0.15) is 0 Å². The van der Waals surface area contributed by atoms with Crippen LogP contribution in [0.25, 0.3) is 0 Å². The second-order valence-corrected chi connectivity index (χ2v) is 6.64. The topological polar surface area (TPSA) is 66.0 Å². The number of nitrogens with one attached hydrogen (secondary N) is 2. The van der Waals surface area contributed by atoms with Gasteiger partial charge in [0.2, 0.25) is 5.91 Å². The van der Waals surface area contributed by atoms with Crippen molar-refractivity contribution in [3.63, 3.8) is 0 Å². The van der Waals surface area contributed by atoms with Gasteiger partial charge in [0.1, 0.15) is 0 Å². The van der Waals surface area contributed by atoms with Crippen molar-refractivity contribution in [1.29, 1.82) is 0 Å². The highest BCUT2D eigenvalue weighted by Gasteiger charge is 2.05. The predicted octanol–water partition coefficient (Wildman–Crippen LogP) is 2.55. The second-order valence-electron chi connectivity index (χ2n) is 6.64. The monoisotopic (exact) mass is 382 g/mol. The molecule has 0 aliphatic rings. The molecule has 2 rings (SSSR count). The van der Waals surface area contributed by atoms with E-state index in [0.29, 0.717) is 25.7 Å². The number of ether oxygens (including phenoxy) is 1. The van der Waals surface area contributed by atoms with Crippen molar-refractivity contribution >= 4 is 11.9 Å². The van der Waals surface area contributed by atoms with Crippen LogP contribution >= 0.6 is 0 Å². The Labute approximate surface area is 167 Å². The van der Waals surface area contributed by atoms with Crippen molar-refractivity contribution in [1.82, 2.24) is 15.5 Å². The Morgan fingerprint density at radius 2 is 1.64 bits per heavy atom. The fourth-order valence-corrected chi connectivity index (χ4v) is 2.51. The molecule has 0 saturated heterocycles. The number of carbonyl (C=O) groups excluding carboxylic acids is 1. The Balaban J connectivity index is 1.88. The van der Waals surface area contributed by atoms with Crippen LogP contribution in [-0.2, 0) is 29.3 Å². The minimum absolute atomic E-state index is 0.00293. The maximum Gasteiger partial charge on any atom is 0.241 e. The summed E-state index contributed by atoms with van der Waals surface area (Å²) in [6, 6.07) is 18.4. The molecule has 6 heteroatoms. The van der Waals surface area contributed by atoms with Gasteiger partial charge in [-0.05, 0) is 23.6 Å². The fourth-order valence-electron chi connectivity index (χ4n) is 2.51. The minimum Gasteiger partial charge on any atom is -0.372 e. The summed E-state index contributed by atoms with van der Waals surface area (Å²) in [5.41, 5.74) is 3.37. The molecule has 0 aliphatic heterocycles. The van der Waals surface area contributed by atoms with Crippen LogP contribution < -0.4 is 10.6 Å². The van der Waals surface area contributed by atoms with E-state index in [1.165, 1.54) is 0 Å². The highest BCUT2D eigenvalue weighted by molar-refractivity contribution is 5.86. The molecule has 0 spiro atoms. The molecule has 0 radical (unpaired) electrons. The zero-order chi connectivity index (χ0) is 20.2. The molecule has 0 bridgehead atoms. The maximum atomic E-state index is 11.7. The third-order valence-corrected chi connectivity index (χ3v) is 4.04. The summed E-state index contributed by atoms with van der Waals surface area (Å²) < 4.78 is 5.81. The van der Waals surface area contributed by atoms with Crippen LogP contribution in [0.1, 0.15) is 23.6 Å². The molecule has 2 aromatic rings. The lowest BCUT2D eigenvalue weighted by molar-refractivity contribution is -0.127. The summed E-state index contributed by atoms with van der Waals surface area (Å²) >= 11 is 0. The van der Waals surface area contributed by atoms with Gasteiger partial charge >= 0.3 is 0 Å². The number of carbonyl (C=O) groups is 1.